The Balaban J connectivity index is 1.33. The van der Waals surface area contributed by atoms with Gasteiger partial charge in [0.25, 0.3) is 0 Å². The van der Waals surface area contributed by atoms with Gasteiger partial charge in [-0.2, -0.15) is 0 Å². The average Bonchev–Trinajstić information content (AvgIpc) is 3.54. The van der Waals surface area contributed by atoms with E-state index in [1.807, 2.05) is 67.3 Å². The molecule has 2 aromatic carbocycles. The molecule has 33 heavy (non-hydrogen) atoms. The molecule has 2 aromatic heterocycles. The molecule has 1 saturated heterocycles. The topological polar surface area (TPSA) is 89.1 Å². The molecule has 0 spiro atoms. The molecular formula is C24H25ClN6O2. The van der Waals surface area contributed by atoms with Gasteiger partial charge >= 0.3 is 6.03 Å². The number of aromatic nitrogens is 4. The molecule has 5 rings (SSSR count). The van der Waals surface area contributed by atoms with E-state index in [4.69, 9.17) is 16.0 Å². The van der Waals surface area contributed by atoms with Crippen LogP contribution in [0.2, 0.25) is 5.02 Å². The molecule has 0 bridgehead atoms. The molecule has 0 aliphatic carbocycles. The summed E-state index contributed by atoms with van der Waals surface area (Å²) < 4.78 is 7.89. The van der Waals surface area contributed by atoms with E-state index >= 15 is 0 Å². The second-order valence-corrected chi connectivity index (χ2v) is 8.80. The van der Waals surface area contributed by atoms with Crippen LogP contribution in [-0.4, -0.2) is 37.2 Å². The highest BCUT2D eigenvalue weighted by Gasteiger charge is 2.35. The zero-order valence-electron chi connectivity index (χ0n) is 18.5. The number of carbonyl (C=O) groups excluding carboxylic acids is 1. The van der Waals surface area contributed by atoms with Crippen molar-refractivity contribution in [3.63, 3.8) is 0 Å². The van der Waals surface area contributed by atoms with Crippen molar-refractivity contribution in [1.82, 2.24) is 30.0 Å². The largest absolute Gasteiger partial charge is 0.438 e. The number of rotatable bonds is 5. The molecule has 9 heteroatoms. The van der Waals surface area contributed by atoms with E-state index in [9.17, 15) is 4.79 Å². The summed E-state index contributed by atoms with van der Waals surface area (Å²) in [6.07, 6.45) is 1.74. The molecule has 3 heterocycles. The quantitative estimate of drug-likeness (QED) is 0.447. The maximum absolute atomic E-state index is 13.2. The van der Waals surface area contributed by atoms with Gasteiger partial charge in [0.05, 0.1) is 12.6 Å². The van der Waals surface area contributed by atoms with Crippen molar-refractivity contribution in [3.8, 4) is 0 Å². The average molecular weight is 465 g/mol. The number of urea groups is 1. The molecule has 2 atom stereocenters. The standard InChI is InChI=1S/C24H25ClN6O2/c1-15(23-27-19-6-3-4-8-21(19)33-23)26-24(32)30-13-5-7-20(30)22-29-28-16(2)31(22)14-17-9-11-18(25)12-10-17/h3-4,6,8-12,15,20H,5,7,13-14H2,1-2H3,(H,26,32)/t15-,20-/m1/s1. The van der Waals surface area contributed by atoms with E-state index in [1.54, 1.807) is 0 Å². The zero-order valence-corrected chi connectivity index (χ0v) is 19.3. The number of aryl methyl sites for hydroxylation is 1. The number of benzene rings is 2. The van der Waals surface area contributed by atoms with Crippen molar-refractivity contribution in [2.75, 3.05) is 6.54 Å². The fourth-order valence-electron chi connectivity index (χ4n) is 4.29. The van der Waals surface area contributed by atoms with E-state index in [0.717, 1.165) is 35.6 Å². The van der Waals surface area contributed by atoms with Crippen LogP contribution in [0.5, 0.6) is 0 Å². The Labute approximate surface area is 196 Å². The summed E-state index contributed by atoms with van der Waals surface area (Å²) in [5.74, 6) is 2.10. The number of oxazole rings is 1. The van der Waals surface area contributed by atoms with Crippen molar-refractivity contribution >= 4 is 28.7 Å². The van der Waals surface area contributed by atoms with Gasteiger partial charge in [-0.15, -0.1) is 10.2 Å². The van der Waals surface area contributed by atoms with Gasteiger partial charge in [-0.3, -0.25) is 0 Å². The predicted octanol–water partition coefficient (Wildman–Crippen LogP) is 5.04. The number of nitrogens with one attached hydrogen (secondary N) is 1. The Morgan fingerprint density at radius 2 is 2.00 bits per heavy atom. The van der Waals surface area contributed by atoms with Crippen molar-refractivity contribution in [3.05, 3.63) is 76.7 Å². The highest BCUT2D eigenvalue weighted by atomic mass is 35.5. The third-order valence-electron chi connectivity index (χ3n) is 6.05. The number of likely N-dealkylation sites (tertiary alicyclic amines) is 1. The maximum Gasteiger partial charge on any atom is 0.318 e. The second kappa shape index (κ2) is 8.86. The minimum absolute atomic E-state index is 0.144. The second-order valence-electron chi connectivity index (χ2n) is 8.36. The van der Waals surface area contributed by atoms with Gasteiger partial charge in [-0.05, 0) is 56.5 Å². The SMILES string of the molecule is Cc1nnc([C@H]2CCCN2C(=O)N[C@H](C)c2nc3ccccc3o2)n1Cc1ccc(Cl)cc1. The maximum atomic E-state index is 13.2. The lowest BCUT2D eigenvalue weighted by molar-refractivity contribution is 0.185. The number of fused-ring (bicyclic) bond motifs is 1. The number of carbonyl (C=O) groups is 1. The van der Waals surface area contributed by atoms with Gasteiger partial charge in [-0.25, -0.2) is 9.78 Å². The van der Waals surface area contributed by atoms with Crippen molar-refractivity contribution in [1.29, 1.82) is 0 Å². The number of nitrogens with zero attached hydrogens (tertiary/aromatic N) is 5. The Morgan fingerprint density at radius 3 is 2.79 bits per heavy atom. The summed E-state index contributed by atoms with van der Waals surface area (Å²) >= 11 is 6.03. The number of hydrogen-bond donors (Lipinski definition) is 1. The number of para-hydroxylation sites is 2. The van der Waals surface area contributed by atoms with Gasteiger partial charge in [-0.1, -0.05) is 35.9 Å². The van der Waals surface area contributed by atoms with E-state index in [2.05, 4.69) is 25.1 Å². The van der Waals surface area contributed by atoms with Crippen LogP contribution in [0.15, 0.2) is 52.9 Å². The number of amides is 2. The molecule has 1 aliphatic rings. The molecular weight excluding hydrogens is 440 g/mol. The first-order valence-corrected chi connectivity index (χ1v) is 11.4. The molecule has 4 aromatic rings. The monoisotopic (exact) mass is 464 g/mol. The van der Waals surface area contributed by atoms with Gasteiger partial charge in [0.2, 0.25) is 5.89 Å². The predicted molar refractivity (Wildman–Crippen MR) is 125 cm³/mol. The number of halogens is 1. The normalized spacial score (nSPS) is 16.9. The van der Waals surface area contributed by atoms with Crippen LogP contribution >= 0.6 is 11.6 Å². The third kappa shape index (κ3) is 4.30. The fraction of sp³-hybridized carbons (Fsp3) is 0.333. The minimum Gasteiger partial charge on any atom is -0.438 e. The Hall–Kier alpha value is -3.39. The molecule has 1 N–H and O–H groups in total. The number of hydrogen-bond acceptors (Lipinski definition) is 5. The molecule has 1 fully saturated rings. The third-order valence-corrected chi connectivity index (χ3v) is 6.30. The molecule has 170 valence electrons. The van der Waals surface area contributed by atoms with E-state index < -0.39 is 0 Å². The van der Waals surface area contributed by atoms with E-state index in [0.29, 0.717) is 29.6 Å². The van der Waals surface area contributed by atoms with E-state index in [1.165, 1.54) is 0 Å². The van der Waals surface area contributed by atoms with E-state index in [-0.39, 0.29) is 18.1 Å². The van der Waals surface area contributed by atoms with Crippen LogP contribution in [0.4, 0.5) is 4.79 Å². The van der Waals surface area contributed by atoms with Gasteiger partial charge < -0.3 is 19.2 Å². The Morgan fingerprint density at radius 1 is 1.21 bits per heavy atom. The van der Waals surface area contributed by atoms with Crippen molar-refractivity contribution in [2.24, 2.45) is 0 Å². The van der Waals surface area contributed by atoms with Gasteiger partial charge in [0, 0.05) is 11.6 Å². The van der Waals surface area contributed by atoms with Gasteiger partial charge in [0.1, 0.15) is 17.4 Å². The lowest BCUT2D eigenvalue weighted by Gasteiger charge is -2.26. The first kappa shape index (κ1) is 21.5. The van der Waals surface area contributed by atoms with Crippen LogP contribution in [0.3, 0.4) is 0 Å². The summed E-state index contributed by atoms with van der Waals surface area (Å²) in [6, 6.07) is 14.6. The summed E-state index contributed by atoms with van der Waals surface area (Å²) in [4.78, 5) is 19.6. The Bertz CT molecular complexity index is 1250. The fourth-order valence-corrected chi connectivity index (χ4v) is 4.42. The van der Waals surface area contributed by atoms with Crippen LogP contribution in [0.25, 0.3) is 11.1 Å². The first-order chi connectivity index (χ1) is 16.0. The molecule has 2 amide bonds. The highest BCUT2D eigenvalue weighted by molar-refractivity contribution is 6.30. The van der Waals surface area contributed by atoms with Gasteiger partial charge in [0.15, 0.2) is 11.4 Å². The van der Waals surface area contributed by atoms with Crippen LogP contribution in [-0.2, 0) is 6.54 Å². The molecule has 8 nitrogen and oxygen atoms in total. The molecule has 0 unspecified atom stereocenters. The molecule has 0 radical (unpaired) electrons. The summed E-state index contributed by atoms with van der Waals surface area (Å²) in [6.45, 7) is 5.09. The van der Waals surface area contributed by atoms with Crippen molar-refractivity contribution in [2.45, 2.75) is 45.3 Å². The highest BCUT2D eigenvalue weighted by Crippen LogP contribution is 2.32. The summed E-state index contributed by atoms with van der Waals surface area (Å²) in [7, 11) is 0. The molecule has 0 saturated carbocycles. The lowest BCUT2D eigenvalue weighted by Crippen LogP contribution is -2.41. The minimum atomic E-state index is -0.361. The Kier molecular flexibility index (Phi) is 5.76. The lowest BCUT2D eigenvalue weighted by atomic mass is 10.2. The zero-order chi connectivity index (χ0) is 22.9. The van der Waals surface area contributed by atoms with Crippen LogP contribution in [0, 0.1) is 6.92 Å². The van der Waals surface area contributed by atoms with Crippen LogP contribution in [0.1, 0.15) is 55.0 Å². The summed E-state index contributed by atoms with van der Waals surface area (Å²) in [5, 5.41) is 12.5. The van der Waals surface area contributed by atoms with Crippen LogP contribution < -0.4 is 5.32 Å². The molecule has 1 aliphatic heterocycles. The summed E-state index contributed by atoms with van der Waals surface area (Å²) in [5.41, 5.74) is 2.58. The first-order valence-electron chi connectivity index (χ1n) is 11.1. The van der Waals surface area contributed by atoms with Crippen molar-refractivity contribution < 1.29 is 9.21 Å². The smallest absolute Gasteiger partial charge is 0.318 e.